The number of ether oxygens (including phenoxy) is 3. The molecule has 208 valence electrons. The molecule has 1 saturated heterocycles. The summed E-state index contributed by atoms with van der Waals surface area (Å²) in [6, 6.07) is 14.2. The molecular formula is C30H32N4O6. The summed E-state index contributed by atoms with van der Waals surface area (Å²) in [5.74, 6) is 0.383. The second kappa shape index (κ2) is 11.7. The maximum absolute atomic E-state index is 14.0. The molecule has 0 bridgehead atoms. The van der Waals surface area contributed by atoms with E-state index in [0.29, 0.717) is 41.5 Å². The maximum Gasteiger partial charge on any atom is 0.342 e. The number of hydrogen-bond donors (Lipinski definition) is 0. The number of carbonyl (C=O) groups excluding carboxylic acids is 3. The molecule has 0 N–H and O–H groups in total. The van der Waals surface area contributed by atoms with Crippen LogP contribution in [-0.4, -0.2) is 76.6 Å². The lowest BCUT2D eigenvalue weighted by Crippen LogP contribution is -2.55. The van der Waals surface area contributed by atoms with Gasteiger partial charge in [-0.3, -0.25) is 9.59 Å². The predicted molar refractivity (Wildman–Crippen MR) is 146 cm³/mol. The van der Waals surface area contributed by atoms with E-state index in [2.05, 4.69) is 9.97 Å². The van der Waals surface area contributed by atoms with Crippen molar-refractivity contribution in [2.45, 2.75) is 39.7 Å². The van der Waals surface area contributed by atoms with Gasteiger partial charge in [0.15, 0.2) is 17.3 Å². The molecule has 2 aliphatic heterocycles. The van der Waals surface area contributed by atoms with E-state index in [1.54, 1.807) is 34.9 Å². The van der Waals surface area contributed by atoms with E-state index in [1.165, 1.54) is 0 Å². The number of piperazine rings is 1. The summed E-state index contributed by atoms with van der Waals surface area (Å²) < 4.78 is 16.1. The van der Waals surface area contributed by atoms with Crippen molar-refractivity contribution in [1.29, 1.82) is 0 Å². The lowest BCUT2D eigenvalue weighted by molar-refractivity contribution is 0.0406. The fourth-order valence-corrected chi connectivity index (χ4v) is 5.00. The van der Waals surface area contributed by atoms with Gasteiger partial charge in [0, 0.05) is 36.8 Å². The number of aryl methyl sites for hydroxylation is 1. The van der Waals surface area contributed by atoms with Crippen molar-refractivity contribution < 1.29 is 28.6 Å². The summed E-state index contributed by atoms with van der Waals surface area (Å²) in [4.78, 5) is 53.1. The molecule has 40 heavy (non-hydrogen) atoms. The summed E-state index contributed by atoms with van der Waals surface area (Å²) in [5.41, 5.74) is 1.87. The first-order valence-corrected chi connectivity index (χ1v) is 13.5. The van der Waals surface area contributed by atoms with Crippen LogP contribution in [0.15, 0.2) is 48.5 Å². The number of carbonyl (C=O) groups is 3. The Kier molecular flexibility index (Phi) is 7.95. The molecule has 0 aliphatic carbocycles. The van der Waals surface area contributed by atoms with Gasteiger partial charge in [-0.25, -0.2) is 14.8 Å². The molecule has 5 rings (SSSR count). The van der Waals surface area contributed by atoms with Crippen LogP contribution in [0, 0.1) is 0 Å². The molecule has 10 heteroatoms. The van der Waals surface area contributed by atoms with Gasteiger partial charge in [-0.05, 0) is 38.5 Å². The van der Waals surface area contributed by atoms with Gasteiger partial charge >= 0.3 is 5.97 Å². The van der Waals surface area contributed by atoms with Crippen LogP contribution < -0.4 is 9.47 Å². The number of esters is 1. The Labute approximate surface area is 232 Å². The van der Waals surface area contributed by atoms with Gasteiger partial charge in [0.1, 0.15) is 11.3 Å². The molecule has 0 saturated carbocycles. The minimum atomic E-state index is -0.612. The first-order valence-electron chi connectivity index (χ1n) is 13.5. The van der Waals surface area contributed by atoms with Crippen molar-refractivity contribution in [3.63, 3.8) is 0 Å². The van der Waals surface area contributed by atoms with Crippen molar-refractivity contribution in [2.24, 2.45) is 0 Å². The second-order valence-electron chi connectivity index (χ2n) is 9.72. The van der Waals surface area contributed by atoms with Gasteiger partial charge in [-0.15, -0.1) is 0 Å². The monoisotopic (exact) mass is 544 g/mol. The molecule has 3 heterocycles. The standard InChI is InChI=1S/C30H32N4O6/c1-4-9-22-25(30(37)38-5-2)26(32-27(31-22)20-10-7-6-8-11-20)29(36)33-14-15-34(19(3)17-33)28(35)21-12-13-23-24(16-21)40-18-39-23/h6-8,10-13,16,19H,4-5,9,14-15,17-18H2,1-3H3. The quantitative estimate of drug-likeness (QED) is 0.411. The summed E-state index contributed by atoms with van der Waals surface area (Å²) in [6.07, 6.45) is 1.22. The van der Waals surface area contributed by atoms with Gasteiger partial charge in [0.2, 0.25) is 6.79 Å². The number of fused-ring (bicyclic) bond motifs is 1. The first-order chi connectivity index (χ1) is 19.4. The molecule has 10 nitrogen and oxygen atoms in total. The lowest BCUT2D eigenvalue weighted by Gasteiger charge is -2.40. The molecule has 3 aromatic rings. The number of amides is 2. The largest absolute Gasteiger partial charge is 0.462 e. The maximum atomic E-state index is 14.0. The van der Waals surface area contributed by atoms with E-state index in [1.807, 2.05) is 44.2 Å². The fraction of sp³-hybridized carbons (Fsp3) is 0.367. The second-order valence-corrected chi connectivity index (χ2v) is 9.72. The minimum absolute atomic E-state index is 0.0264. The van der Waals surface area contributed by atoms with Crippen LogP contribution in [0.3, 0.4) is 0 Å². The highest BCUT2D eigenvalue weighted by Crippen LogP contribution is 2.33. The zero-order valence-electron chi connectivity index (χ0n) is 22.9. The van der Waals surface area contributed by atoms with Crippen molar-refractivity contribution in [3.8, 4) is 22.9 Å². The number of aromatic nitrogens is 2. The number of nitrogens with zero attached hydrogens (tertiary/aromatic N) is 4. The number of hydrogen-bond acceptors (Lipinski definition) is 8. The zero-order valence-corrected chi connectivity index (χ0v) is 22.9. The average molecular weight is 545 g/mol. The number of benzene rings is 2. The van der Waals surface area contributed by atoms with Gasteiger partial charge in [-0.2, -0.15) is 0 Å². The van der Waals surface area contributed by atoms with Crippen molar-refractivity contribution in [2.75, 3.05) is 33.0 Å². The van der Waals surface area contributed by atoms with Crippen LogP contribution >= 0.6 is 0 Å². The van der Waals surface area contributed by atoms with E-state index in [4.69, 9.17) is 14.2 Å². The smallest absolute Gasteiger partial charge is 0.342 e. The Balaban J connectivity index is 1.43. The van der Waals surface area contributed by atoms with Gasteiger partial charge < -0.3 is 24.0 Å². The third-order valence-corrected chi connectivity index (χ3v) is 6.98. The molecule has 0 spiro atoms. The average Bonchev–Trinajstić information content (AvgIpc) is 3.45. The van der Waals surface area contributed by atoms with Crippen LogP contribution in [0.2, 0.25) is 0 Å². The lowest BCUT2D eigenvalue weighted by atomic mass is 10.0. The Bertz CT molecular complexity index is 1430. The van der Waals surface area contributed by atoms with Crippen molar-refractivity contribution in [1.82, 2.24) is 19.8 Å². The summed E-state index contributed by atoms with van der Waals surface area (Å²) in [5, 5.41) is 0. The van der Waals surface area contributed by atoms with Crippen molar-refractivity contribution in [3.05, 3.63) is 71.0 Å². The molecule has 1 fully saturated rings. The van der Waals surface area contributed by atoms with Gasteiger partial charge in [0.25, 0.3) is 11.8 Å². The molecule has 1 atom stereocenters. The van der Waals surface area contributed by atoms with Gasteiger partial charge in [0.05, 0.1) is 12.3 Å². The third-order valence-electron chi connectivity index (χ3n) is 6.98. The van der Waals surface area contributed by atoms with E-state index in [0.717, 1.165) is 12.0 Å². The molecule has 1 unspecified atom stereocenters. The normalized spacial score (nSPS) is 16.1. The Morgan fingerprint density at radius 3 is 2.48 bits per heavy atom. The topological polar surface area (TPSA) is 111 Å². The molecule has 1 aromatic heterocycles. The molecule has 2 aliphatic rings. The summed E-state index contributed by atoms with van der Waals surface area (Å²) in [7, 11) is 0. The Morgan fingerprint density at radius 1 is 0.975 bits per heavy atom. The predicted octanol–water partition coefficient (Wildman–Crippen LogP) is 3.99. The highest BCUT2D eigenvalue weighted by molar-refractivity contribution is 6.05. The van der Waals surface area contributed by atoms with E-state index >= 15 is 0 Å². The van der Waals surface area contributed by atoms with Crippen LogP contribution in [0.4, 0.5) is 0 Å². The fourth-order valence-electron chi connectivity index (χ4n) is 5.00. The number of rotatable bonds is 7. The first kappa shape index (κ1) is 27.1. The van der Waals surface area contributed by atoms with E-state index in [9.17, 15) is 14.4 Å². The van der Waals surface area contributed by atoms with Crippen LogP contribution in [-0.2, 0) is 11.2 Å². The SMILES string of the molecule is CCCc1nc(-c2ccccc2)nc(C(=O)N2CCN(C(=O)c3ccc4c(c3)OCO4)C(C)C2)c1C(=O)OCC. The zero-order chi connectivity index (χ0) is 28.2. The highest BCUT2D eigenvalue weighted by atomic mass is 16.7. The van der Waals surface area contributed by atoms with E-state index in [-0.39, 0.29) is 55.6 Å². The molecule has 2 amide bonds. The van der Waals surface area contributed by atoms with Crippen molar-refractivity contribution >= 4 is 17.8 Å². The van der Waals surface area contributed by atoms with Crippen LogP contribution in [0.25, 0.3) is 11.4 Å². The van der Waals surface area contributed by atoms with Crippen LogP contribution in [0.5, 0.6) is 11.5 Å². The summed E-state index contributed by atoms with van der Waals surface area (Å²) >= 11 is 0. The highest BCUT2D eigenvalue weighted by Gasteiger charge is 2.35. The van der Waals surface area contributed by atoms with E-state index < -0.39 is 5.97 Å². The minimum Gasteiger partial charge on any atom is -0.462 e. The van der Waals surface area contributed by atoms with Crippen LogP contribution in [0.1, 0.15) is 64.1 Å². The Hall–Kier alpha value is -4.47. The summed E-state index contributed by atoms with van der Waals surface area (Å²) in [6.45, 7) is 6.79. The third kappa shape index (κ3) is 5.34. The Morgan fingerprint density at radius 2 is 1.75 bits per heavy atom. The molecule has 2 aromatic carbocycles. The molecular weight excluding hydrogens is 512 g/mol. The van der Waals surface area contributed by atoms with Gasteiger partial charge in [-0.1, -0.05) is 43.7 Å². The molecule has 0 radical (unpaired) electrons.